The van der Waals surface area contributed by atoms with Crippen LogP contribution in [0, 0.1) is 18.6 Å². The normalized spacial score (nSPS) is 11.9. The van der Waals surface area contributed by atoms with Crippen molar-refractivity contribution in [1.29, 1.82) is 0 Å². The lowest BCUT2D eigenvalue weighted by Gasteiger charge is -2.15. The molecule has 0 saturated heterocycles. The van der Waals surface area contributed by atoms with Gasteiger partial charge in [0.1, 0.15) is 5.82 Å². The molecule has 22 heavy (non-hydrogen) atoms. The predicted octanol–water partition coefficient (Wildman–Crippen LogP) is 4.44. The Hall–Kier alpha value is -1.95. The van der Waals surface area contributed by atoms with Crippen molar-refractivity contribution in [2.24, 2.45) is 0 Å². The maximum atomic E-state index is 13.7. The van der Waals surface area contributed by atoms with Crippen LogP contribution in [-0.2, 0) is 4.79 Å². The molecule has 1 N–H and O–H groups in total. The summed E-state index contributed by atoms with van der Waals surface area (Å²) in [7, 11) is 0. The number of carbonyl (C=O) groups is 1. The molecule has 3 nitrogen and oxygen atoms in total. The Kier molecular flexibility index (Phi) is 5.13. The molecule has 0 aliphatic heterocycles. The van der Waals surface area contributed by atoms with E-state index in [1.54, 1.807) is 25.1 Å². The highest BCUT2D eigenvalue weighted by Gasteiger charge is 2.17. The Morgan fingerprint density at radius 1 is 1.18 bits per heavy atom. The van der Waals surface area contributed by atoms with Crippen molar-refractivity contribution in [1.82, 2.24) is 0 Å². The monoisotopic (exact) mass is 369 g/mol. The van der Waals surface area contributed by atoms with Crippen molar-refractivity contribution in [2.45, 2.75) is 20.0 Å². The van der Waals surface area contributed by atoms with E-state index in [0.717, 1.165) is 0 Å². The number of nitrogens with one attached hydrogen (secondary N) is 1. The van der Waals surface area contributed by atoms with Crippen molar-refractivity contribution in [3.05, 3.63) is 58.1 Å². The summed E-state index contributed by atoms with van der Waals surface area (Å²) >= 11 is 3.14. The molecule has 0 saturated carbocycles. The lowest BCUT2D eigenvalue weighted by molar-refractivity contribution is -0.122. The molecule has 1 atom stereocenters. The van der Waals surface area contributed by atoms with E-state index in [-0.39, 0.29) is 5.75 Å². The van der Waals surface area contributed by atoms with Gasteiger partial charge in [0.15, 0.2) is 17.7 Å². The van der Waals surface area contributed by atoms with Crippen LogP contribution in [0.15, 0.2) is 40.9 Å². The maximum absolute atomic E-state index is 13.7. The highest BCUT2D eigenvalue weighted by molar-refractivity contribution is 9.10. The SMILES string of the molecule is Cc1ccc(NC(=O)C(C)Oc2ccc(Br)cc2F)cc1F. The first-order valence-corrected chi connectivity index (χ1v) is 7.35. The van der Waals surface area contributed by atoms with Crippen LogP contribution < -0.4 is 10.1 Å². The molecular formula is C16H14BrF2NO2. The Labute approximate surface area is 135 Å². The second-order valence-electron chi connectivity index (χ2n) is 4.79. The summed E-state index contributed by atoms with van der Waals surface area (Å²) in [4.78, 5) is 12.0. The average molecular weight is 370 g/mol. The summed E-state index contributed by atoms with van der Waals surface area (Å²) in [5.74, 6) is -1.51. The third-order valence-electron chi connectivity index (χ3n) is 3.01. The molecule has 0 aliphatic rings. The van der Waals surface area contributed by atoms with Crippen LogP contribution in [0.1, 0.15) is 12.5 Å². The Morgan fingerprint density at radius 3 is 2.55 bits per heavy atom. The molecule has 0 heterocycles. The van der Waals surface area contributed by atoms with Gasteiger partial charge in [0.2, 0.25) is 0 Å². The van der Waals surface area contributed by atoms with E-state index in [2.05, 4.69) is 21.2 Å². The third kappa shape index (κ3) is 4.04. The molecule has 0 bridgehead atoms. The minimum Gasteiger partial charge on any atom is -0.478 e. The Morgan fingerprint density at radius 2 is 1.91 bits per heavy atom. The lowest BCUT2D eigenvalue weighted by atomic mass is 10.2. The number of carbonyl (C=O) groups excluding carboxylic acids is 1. The maximum Gasteiger partial charge on any atom is 0.265 e. The van der Waals surface area contributed by atoms with Gasteiger partial charge in [-0.25, -0.2) is 8.78 Å². The van der Waals surface area contributed by atoms with E-state index in [4.69, 9.17) is 4.74 Å². The van der Waals surface area contributed by atoms with Crippen LogP contribution >= 0.6 is 15.9 Å². The van der Waals surface area contributed by atoms with Crippen LogP contribution in [0.5, 0.6) is 5.75 Å². The summed E-state index contributed by atoms with van der Waals surface area (Å²) in [5, 5.41) is 2.53. The molecule has 0 aromatic heterocycles. The molecule has 1 unspecified atom stereocenters. The van der Waals surface area contributed by atoms with Gasteiger partial charge in [0.05, 0.1) is 0 Å². The van der Waals surface area contributed by atoms with Crippen LogP contribution in [0.25, 0.3) is 0 Å². The van der Waals surface area contributed by atoms with E-state index in [1.165, 1.54) is 25.1 Å². The van der Waals surface area contributed by atoms with Gasteiger partial charge >= 0.3 is 0 Å². The molecule has 0 radical (unpaired) electrons. The fourth-order valence-corrected chi connectivity index (χ4v) is 2.06. The summed E-state index contributed by atoms with van der Waals surface area (Å²) in [5.41, 5.74) is 0.805. The number of rotatable bonds is 4. The molecule has 0 spiro atoms. The van der Waals surface area contributed by atoms with E-state index in [9.17, 15) is 13.6 Å². The van der Waals surface area contributed by atoms with Gasteiger partial charge in [-0.1, -0.05) is 22.0 Å². The number of hydrogen-bond acceptors (Lipinski definition) is 2. The summed E-state index contributed by atoms with van der Waals surface area (Å²) in [6.45, 7) is 3.12. The largest absolute Gasteiger partial charge is 0.478 e. The second kappa shape index (κ2) is 6.87. The van der Waals surface area contributed by atoms with Crippen molar-refractivity contribution in [2.75, 3.05) is 5.32 Å². The number of halogens is 3. The molecule has 2 aromatic carbocycles. The van der Waals surface area contributed by atoms with Crippen molar-refractivity contribution in [3.63, 3.8) is 0 Å². The van der Waals surface area contributed by atoms with Gasteiger partial charge in [-0.15, -0.1) is 0 Å². The minimum absolute atomic E-state index is 0.0269. The third-order valence-corrected chi connectivity index (χ3v) is 3.50. The van der Waals surface area contributed by atoms with Gasteiger partial charge in [-0.2, -0.15) is 0 Å². The summed E-state index contributed by atoms with van der Waals surface area (Å²) in [6, 6.07) is 8.65. The van der Waals surface area contributed by atoms with Crippen molar-refractivity contribution >= 4 is 27.5 Å². The minimum atomic E-state index is -0.931. The van der Waals surface area contributed by atoms with E-state index < -0.39 is 23.6 Å². The van der Waals surface area contributed by atoms with Crippen LogP contribution in [0.4, 0.5) is 14.5 Å². The number of amides is 1. The van der Waals surface area contributed by atoms with Crippen molar-refractivity contribution in [3.8, 4) is 5.75 Å². The second-order valence-corrected chi connectivity index (χ2v) is 5.70. The first kappa shape index (κ1) is 16.4. The molecule has 2 rings (SSSR count). The Balaban J connectivity index is 2.04. The highest BCUT2D eigenvalue weighted by Crippen LogP contribution is 2.23. The Bertz CT molecular complexity index is 707. The molecule has 0 fully saturated rings. The molecular weight excluding hydrogens is 356 g/mol. The van der Waals surface area contributed by atoms with E-state index >= 15 is 0 Å². The number of anilines is 1. The van der Waals surface area contributed by atoms with E-state index in [0.29, 0.717) is 15.7 Å². The standard InChI is InChI=1S/C16H14BrF2NO2/c1-9-3-5-12(8-13(9)18)20-16(21)10(2)22-15-6-4-11(17)7-14(15)19/h3-8,10H,1-2H3,(H,20,21). The lowest BCUT2D eigenvalue weighted by Crippen LogP contribution is -2.30. The molecule has 6 heteroatoms. The predicted molar refractivity (Wildman–Crippen MR) is 84.0 cm³/mol. The summed E-state index contributed by atoms with van der Waals surface area (Å²) < 4.78 is 33.0. The van der Waals surface area contributed by atoms with Crippen LogP contribution in [0.2, 0.25) is 0 Å². The van der Waals surface area contributed by atoms with Gasteiger partial charge in [-0.3, -0.25) is 4.79 Å². The van der Waals surface area contributed by atoms with Crippen LogP contribution in [-0.4, -0.2) is 12.0 Å². The first-order valence-electron chi connectivity index (χ1n) is 6.55. The van der Waals surface area contributed by atoms with E-state index in [1.807, 2.05) is 0 Å². The fourth-order valence-electron chi connectivity index (χ4n) is 1.73. The van der Waals surface area contributed by atoms with Gasteiger partial charge < -0.3 is 10.1 Å². The molecule has 0 aliphatic carbocycles. The zero-order valence-electron chi connectivity index (χ0n) is 12.0. The number of benzene rings is 2. The average Bonchev–Trinajstić information content (AvgIpc) is 2.45. The molecule has 2 aromatic rings. The number of hydrogen-bond donors (Lipinski definition) is 1. The highest BCUT2D eigenvalue weighted by atomic mass is 79.9. The van der Waals surface area contributed by atoms with Gasteiger partial charge in [0, 0.05) is 10.2 Å². The van der Waals surface area contributed by atoms with Gasteiger partial charge in [0.25, 0.3) is 5.91 Å². The zero-order chi connectivity index (χ0) is 16.3. The molecule has 1 amide bonds. The fraction of sp³-hybridized carbons (Fsp3) is 0.188. The summed E-state index contributed by atoms with van der Waals surface area (Å²) in [6.07, 6.45) is -0.931. The van der Waals surface area contributed by atoms with Gasteiger partial charge in [-0.05, 0) is 49.7 Å². The van der Waals surface area contributed by atoms with Crippen LogP contribution in [0.3, 0.4) is 0 Å². The number of ether oxygens (including phenoxy) is 1. The molecule has 116 valence electrons. The zero-order valence-corrected chi connectivity index (χ0v) is 13.6. The number of aryl methyl sites for hydroxylation is 1. The quantitative estimate of drug-likeness (QED) is 0.864. The first-order chi connectivity index (χ1) is 10.4. The topological polar surface area (TPSA) is 38.3 Å². The van der Waals surface area contributed by atoms with Crippen molar-refractivity contribution < 1.29 is 18.3 Å². The smallest absolute Gasteiger partial charge is 0.265 e.